The third-order valence-corrected chi connectivity index (χ3v) is 3.50. The Balaban J connectivity index is 1.73. The predicted molar refractivity (Wildman–Crippen MR) is 66.2 cm³/mol. The lowest BCUT2D eigenvalue weighted by Gasteiger charge is -2.31. The van der Waals surface area contributed by atoms with Gasteiger partial charge in [-0.2, -0.15) is 0 Å². The average Bonchev–Trinajstić information content (AvgIpc) is 2.89. The Hall–Kier alpha value is -1.92. The molecule has 1 saturated heterocycles. The summed E-state index contributed by atoms with van der Waals surface area (Å²) in [5.41, 5.74) is 0. The summed E-state index contributed by atoms with van der Waals surface area (Å²) in [6, 6.07) is 0. The van der Waals surface area contributed by atoms with Crippen LogP contribution < -0.4 is 0 Å². The van der Waals surface area contributed by atoms with Gasteiger partial charge in [0.15, 0.2) is 0 Å². The molecule has 0 aliphatic carbocycles. The van der Waals surface area contributed by atoms with Crippen molar-refractivity contribution in [1.82, 2.24) is 19.9 Å². The largest absolute Gasteiger partial charge is 0.481 e. The van der Waals surface area contributed by atoms with Gasteiger partial charge in [0, 0.05) is 25.7 Å². The van der Waals surface area contributed by atoms with E-state index in [0.717, 1.165) is 12.8 Å². The Kier molecular flexibility index (Phi) is 4.48. The molecule has 0 aromatic carbocycles. The molecule has 0 unspecified atom stereocenters. The van der Waals surface area contributed by atoms with Gasteiger partial charge in [-0.05, 0) is 25.2 Å². The van der Waals surface area contributed by atoms with Crippen molar-refractivity contribution in [3.05, 3.63) is 12.4 Å². The zero-order chi connectivity index (χ0) is 13.7. The molecule has 1 amide bonds. The molecule has 104 valence electrons. The summed E-state index contributed by atoms with van der Waals surface area (Å²) in [4.78, 5) is 24.3. The number of hydrogen-bond acceptors (Lipinski definition) is 4. The number of carbonyl (C=O) groups is 2. The SMILES string of the molecule is O=C(O)CCC1CCN(C(=O)Cn2ccnn2)CC1. The second-order valence-electron chi connectivity index (χ2n) is 4.86. The first-order valence-corrected chi connectivity index (χ1v) is 6.49. The van der Waals surface area contributed by atoms with E-state index in [0.29, 0.717) is 25.4 Å². The van der Waals surface area contributed by atoms with Crippen LogP contribution in [0.25, 0.3) is 0 Å². The molecule has 0 radical (unpaired) electrons. The molecule has 0 bridgehead atoms. The first-order valence-electron chi connectivity index (χ1n) is 6.49. The summed E-state index contributed by atoms with van der Waals surface area (Å²) in [5.74, 6) is -0.279. The van der Waals surface area contributed by atoms with Gasteiger partial charge in [-0.15, -0.1) is 5.10 Å². The number of aromatic nitrogens is 3. The summed E-state index contributed by atoms with van der Waals surface area (Å²) in [6.45, 7) is 1.63. The number of carboxylic acids is 1. The molecule has 1 N–H and O–H groups in total. The summed E-state index contributed by atoms with van der Waals surface area (Å²) >= 11 is 0. The van der Waals surface area contributed by atoms with Gasteiger partial charge in [-0.3, -0.25) is 9.59 Å². The molecule has 7 heteroatoms. The number of amides is 1. The zero-order valence-electron chi connectivity index (χ0n) is 10.7. The fourth-order valence-electron chi connectivity index (χ4n) is 2.35. The molecule has 2 rings (SSSR count). The molecule has 1 fully saturated rings. The standard InChI is InChI=1S/C12H18N4O3/c17-11(9-16-8-5-13-14-16)15-6-3-10(4-7-15)1-2-12(18)19/h5,8,10H,1-4,6-7,9H2,(H,18,19). The highest BCUT2D eigenvalue weighted by atomic mass is 16.4. The molecule has 1 aliphatic rings. The second-order valence-corrected chi connectivity index (χ2v) is 4.86. The van der Waals surface area contributed by atoms with Crippen LogP contribution >= 0.6 is 0 Å². The molecular weight excluding hydrogens is 248 g/mol. The smallest absolute Gasteiger partial charge is 0.303 e. The van der Waals surface area contributed by atoms with Crippen LogP contribution in [0.5, 0.6) is 0 Å². The topological polar surface area (TPSA) is 88.3 Å². The minimum atomic E-state index is -0.746. The van der Waals surface area contributed by atoms with Crippen molar-refractivity contribution in [3.63, 3.8) is 0 Å². The van der Waals surface area contributed by atoms with Crippen LogP contribution in [-0.2, 0) is 16.1 Å². The van der Waals surface area contributed by atoms with Gasteiger partial charge in [-0.25, -0.2) is 4.68 Å². The van der Waals surface area contributed by atoms with Crippen LogP contribution in [0.4, 0.5) is 0 Å². The predicted octanol–water partition coefficient (Wildman–Crippen LogP) is 0.381. The quantitative estimate of drug-likeness (QED) is 0.832. The van der Waals surface area contributed by atoms with Crippen molar-refractivity contribution in [2.45, 2.75) is 32.2 Å². The number of hydrogen-bond donors (Lipinski definition) is 1. The van der Waals surface area contributed by atoms with Crippen molar-refractivity contribution in [1.29, 1.82) is 0 Å². The maximum atomic E-state index is 12.0. The number of likely N-dealkylation sites (tertiary alicyclic amines) is 1. The monoisotopic (exact) mass is 266 g/mol. The van der Waals surface area contributed by atoms with E-state index in [4.69, 9.17) is 5.11 Å². The van der Waals surface area contributed by atoms with Crippen molar-refractivity contribution in [3.8, 4) is 0 Å². The molecule has 0 atom stereocenters. The molecular formula is C12H18N4O3. The van der Waals surface area contributed by atoms with E-state index in [-0.39, 0.29) is 18.9 Å². The zero-order valence-corrected chi connectivity index (χ0v) is 10.7. The minimum absolute atomic E-state index is 0.0437. The lowest BCUT2D eigenvalue weighted by atomic mass is 9.92. The second kappa shape index (κ2) is 6.31. The third-order valence-electron chi connectivity index (χ3n) is 3.50. The van der Waals surface area contributed by atoms with Gasteiger partial charge in [0.05, 0.1) is 6.20 Å². The first kappa shape index (κ1) is 13.5. The number of nitrogens with zero attached hydrogens (tertiary/aromatic N) is 4. The van der Waals surface area contributed by atoms with Crippen LogP contribution in [0.3, 0.4) is 0 Å². The highest BCUT2D eigenvalue weighted by Crippen LogP contribution is 2.21. The van der Waals surface area contributed by atoms with Crippen LogP contribution in [0.15, 0.2) is 12.4 Å². The fraction of sp³-hybridized carbons (Fsp3) is 0.667. The first-order chi connectivity index (χ1) is 9.15. The van der Waals surface area contributed by atoms with Crippen LogP contribution in [0.1, 0.15) is 25.7 Å². The number of carboxylic acid groups (broad SMARTS) is 1. The van der Waals surface area contributed by atoms with E-state index in [2.05, 4.69) is 10.3 Å². The molecule has 0 spiro atoms. The van der Waals surface area contributed by atoms with E-state index >= 15 is 0 Å². The highest BCUT2D eigenvalue weighted by molar-refractivity contribution is 5.75. The molecule has 1 aromatic rings. The molecule has 2 heterocycles. The normalized spacial score (nSPS) is 16.5. The van der Waals surface area contributed by atoms with Crippen molar-refractivity contribution >= 4 is 11.9 Å². The summed E-state index contributed by atoms with van der Waals surface area (Å²) in [5, 5.41) is 16.1. The van der Waals surface area contributed by atoms with Gasteiger partial charge < -0.3 is 10.0 Å². The Morgan fingerprint density at radius 2 is 2.05 bits per heavy atom. The van der Waals surface area contributed by atoms with Crippen LogP contribution in [-0.4, -0.2) is 50.0 Å². The molecule has 1 aliphatic heterocycles. The van der Waals surface area contributed by atoms with Gasteiger partial charge in [-0.1, -0.05) is 5.21 Å². The lowest BCUT2D eigenvalue weighted by Crippen LogP contribution is -2.40. The molecule has 1 aromatic heterocycles. The fourth-order valence-corrected chi connectivity index (χ4v) is 2.35. The van der Waals surface area contributed by atoms with E-state index in [1.165, 1.54) is 4.68 Å². The highest BCUT2D eigenvalue weighted by Gasteiger charge is 2.23. The Bertz CT molecular complexity index is 424. The van der Waals surface area contributed by atoms with Crippen LogP contribution in [0.2, 0.25) is 0 Å². The average molecular weight is 266 g/mol. The molecule has 7 nitrogen and oxygen atoms in total. The van der Waals surface area contributed by atoms with E-state index in [1.54, 1.807) is 12.4 Å². The van der Waals surface area contributed by atoms with Gasteiger partial charge in [0.1, 0.15) is 6.54 Å². The lowest BCUT2D eigenvalue weighted by molar-refractivity contribution is -0.138. The van der Waals surface area contributed by atoms with Crippen molar-refractivity contribution < 1.29 is 14.7 Å². The minimum Gasteiger partial charge on any atom is -0.481 e. The maximum absolute atomic E-state index is 12.0. The Morgan fingerprint density at radius 1 is 1.32 bits per heavy atom. The van der Waals surface area contributed by atoms with Crippen LogP contribution in [0, 0.1) is 5.92 Å². The number of aliphatic carboxylic acids is 1. The molecule has 0 saturated carbocycles. The van der Waals surface area contributed by atoms with Gasteiger partial charge >= 0.3 is 5.97 Å². The summed E-state index contributed by atoms with van der Waals surface area (Å²) in [7, 11) is 0. The van der Waals surface area contributed by atoms with E-state index in [9.17, 15) is 9.59 Å². The van der Waals surface area contributed by atoms with Gasteiger partial charge in [0.25, 0.3) is 0 Å². The molecule has 19 heavy (non-hydrogen) atoms. The van der Waals surface area contributed by atoms with E-state index in [1.807, 2.05) is 4.90 Å². The number of carbonyl (C=O) groups excluding carboxylic acids is 1. The maximum Gasteiger partial charge on any atom is 0.303 e. The Morgan fingerprint density at radius 3 is 2.63 bits per heavy atom. The number of piperidine rings is 1. The van der Waals surface area contributed by atoms with E-state index < -0.39 is 5.97 Å². The van der Waals surface area contributed by atoms with Crippen molar-refractivity contribution in [2.75, 3.05) is 13.1 Å². The Labute approximate surface area is 111 Å². The third kappa shape index (κ3) is 4.04. The number of rotatable bonds is 5. The van der Waals surface area contributed by atoms with Gasteiger partial charge in [0.2, 0.25) is 5.91 Å². The summed E-state index contributed by atoms with van der Waals surface area (Å²) in [6.07, 6.45) is 5.91. The summed E-state index contributed by atoms with van der Waals surface area (Å²) < 4.78 is 1.51. The van der Waals surface area contributed by atoms with Crippen molar-refractivity contribution in [2.24, 2.45) is 5.92 Å².